The molecular weight excluding hydrogens is 336 g/mol. The first-order valence-electron chi connectivity index (χ1n) is 7.57. The number of aliphatic hydroxyl groups is 2. The Morgan fingerprint density at radius 2 is 2.28 bits per heavy atom. The molecule has 2 aromatic heterocycles. The Morgan fingerprint density at radius 3 is 3.00 bits per heavy atom. The predicted octanol–water partition coefficient (Wildman–Crippen LogP) is -1.93. The minimum absolute atomic E-state index is 0.0153. The molecule has 2 aromatic rings. The van der Waals surface area contributed by atoms with Crippen LogP contribution in [0, 0.1) is 0 Å². The Balaban J connectivity index is 1.82. The number of aromatic amines is 1. The number of fused-ring (bicyclic) bond motifs is 1. The van der Waals surface area contributed by atoms with Crippen LogP contribution in [0.1, 0.15) is 13.2 Å². The number of rotatable bonds is 4. The average Bonchev–Trinajstić information content (AvgIpc) is 3.09. The van der Waals surface area contributed by atoms with Crippen LogP contribution in [0.3, 0.4) is 0 Å². The second-order valence-corrected chi connectivity index (χ2v) is 5.45. The lowest BCUT2D eigenvalue weighted by Gasteiger charge is -2.16. The van der Waals surface area contributed by atoms with Gasteiger partial charge in [0, 0.05) is 6.54 Å². The van der Waals surface area contributed by atoms with Crippen LogP contribution in [0.4, 0.5) is 10.7 Å². The van der Waals surface area contributed by atoms with Crippen LogP contribution in [-0.4, -0.2) is 67.3 Å². The van der Waals surface area contributed by atoms with Gasteiger partial charge >= 0.3 is 6.09 Å². The van der Waals surface area contributed by atoms with Gasteiger partial charge in [-0.3, -0.25) is 14.3 Å². The Labute approximate surface area is 140 Å². The molecule has 0 unspecified atom stereocenters. The molecule has 1 saturated heterocycles. The quantitative estimate of drug-likeness (QED) is 0.418. The number of hydrogen-bond acceptors (Lipinski definition) is 9. The smallest absolute Gasteiger partial charge is 0.407 e. The number of nitrogens with zero attached hydrogens (tertiary/aromatic N) is 3. The van der Waals surface area contributed by atoms with E-state index < -0.39 is 36.2 Å². The van der Waals surface area contributed by atoms with E-state index in [1.54, 1.807) is 6.92 Å². The number of aliphatic hydroxyl groups excluding tert-OH is 2. The number of aromatic nitrogens is 4. The van der Waals surface area contributed by atoms with Crippen molar-refractivity contribution in [1.29, 1.82) is 0 Å². The summed E-state index contributed by atoms with van der Waals surface area (Å²) in [5.74, 6) is -0.122. The number of nitrogens with one attached hydrogen (secondary N) is 2. The molecular formula is C13H18N6O6. The number of ether oxygens (including phenoxy) is 2. The highest BCUT2D eigenvalue weighted by Crippen LogP contribution is 2.31. The number of alkyl carbamates (subject to hydrolysis) is 1. The summed E-state index contributed by atoms with van der Waals surface area (Å²) < 4.78 is 11.8. The molecule has 1 aliphatic heterocycles. The van der Waals surface area contributed by atoms with Crippen molar-refractivity contribution in [2.45, 2.75) is 31.5 Å². The third kappa shape index (κ3) is 3.14. The van der Waals surface area contributed by atoms with Crippen LogP contribution in [0.2, 0.25) is 0 Å². The largest absolute Gasteiger partial charge is 0.447 e. The molecule has 6 N–H and O–H groups in total. The van der Waals surface area contributed by atoms with Crippen LogP contribution in [-0.2, 0) is 9.47 Å². The zero-order chi connectivity index (χ0) is 18.1. The van der Waals surface area contributed by atoms with Crippen molar-refractivity contribution in [3.05, 3.63) is 16.7 Å². The van der Waals surface area contributed by atoms with Gasteiger partial charge in [-0.05, 0) is 6.92 Å². The van der Waals surface area contributed by atoms with Gasteiger partial charge in [0.2, 0.25) is 5.95 Å². The van der Waals surface area contributed by atoms with E-state index in [0.29, 0.717) is 6.54 Å². The normalized spacial score (nSPS) is 26.0. The first-order chi connectivity index (χ1) is 11.9. The number of nitrogens with two attached hydrogens (primary N) is 1. The third-order valence-electron chi connectivity index (χ3n) is 3.76. The molecule has 0 radical (unpaired) electrons. The van der Waals surface area contributed by atoms with Crippen molar-refractivity contribution in [1.82, 2.24) is 24.8 Å². The highest BCUT2D eigenvalue weighted by atomic mass is 16.6. The number of carbonyl (C=O) groups excluding carboxylic acids is 1. The van der Waals surface area contributed by atoms with Gasteiger partial charge < -0.3 is 30.7 Å². The summed E-state index contributed by atoms with van der Waals surface area (Å²) in [7, 11) is 0. The lowest BCUT2D eigenvalue weighted by atomic mass is 10.1. The minimum atomic E-state index is -1.34. The second kappa shape index (κ2) is 6.66. The summed E-state index contributed by atoms with van der Waals surface area (Å²) in [5.41, 5.74) is 5.10. The van der Waals surface area contributed by atoms with Crippen molar-refractivity contribution < 1.29 is 24.5 Å². The van der Waals surface area contributed by atoms with Crippen molar-refractivity contribution >= 4 is 23.2 Å². The summed E-state index contributed by atoms with van der Waals surface area (Å²) in [6, 6.07) is 0. The molecule has 0 aromatic carbocycles. The molecule has 4 atom stereocenters. The molecule has 12 heteroatoms. The fraction of sp³-hybridized carbons (Fsp3) is 0.538. The van der Waals surface area contributed by atoms with Gasteiger partial charge in [-0.1, -0.05) is 0 Å². The maximum absolute atomic E-state index is 11.8. The summed E-state index contributed by atoms with van der Waals surface area (Å²) >= 11 is 0. The number of amides is 1. The monoisotopic (exact) mass is 354 g/mol. The van der Waals surface area contributed by atoms with E-state index in [1.165, 1.54) is 10.9 Å². The minimum Gasteiger partial charge on any atom is -0.447 e. The maximum atomic E-state index is 11.8. The number of nitrogen functional groups attached to an aromatic ring is 1. The van der Waals surface area contributed by atoms with E-state index in [9.17, 15) is 19.8 Å². The van der Waals surface area contributed by atoms with Gasteiger partial charge in [-0.15, -0.1) is 0 Å². The van der Waals surface area contributed by atoms with Crippen LogP contribution >= 0.6 is 0 Å². The summed E-state index contributed by atoms with van der Waals surface area (Å²) in [6.45, 7) is 1.86. The Bertz CT molecular complexity index is 834. The highest BCUT2D eigenvalue weighted by Gasteiger charge is 2.45. The molecule has 136 valence electrons. The van der Waals surface area contributed by atoms with E-state index >= 15 is 0 Å². The molecule has 0 bridgehead atoms. The Kier molecular flexibility index (Phi) is 4.57. The van der Waals surface area contributed by atoms with Crippen LogP contribution in [0.15, 0.2) is 11.1 Å². The highest BCUT2D eigenvalue weighted by molar-refractivity contribution is 5.70. The molecule has 1 aliphatic rings. The molecule has 0 spiro atoms. The maximum Gasteiger partial charge on any atom is 0.407 e. The van der Waals surface area contributed by atoms with Gasteiger partial charge in [0.1, 0.15) is 24.9 Å². The molecule has 1 fully saturated rings. The number of carbonyl (C=O) groups is 1. The molecule has 12 nitrogen and oxygen atoms in total. The topological polar surface area (TPSA) is 178 Å². The van der Waals surface area contributed by atoms with Gasteiger partial charge in [0.15, 0.2) is 17.4 Å². The molecule has 3 heterocycles. The number of H-pyrrole nitrogens is 1. The zero-order valence-electron chi connectivity index (χ0n) is 13.2. The van der Waals surface area contributed by atoms with Gasteiger partial charge in [0.05, 0.1) is 6.33 Å². The van der Waals surface area contributed by atoms with E-state index in [4.69, 9.17) is 15.2 Å². The van der Waals surface area contributed by atoms with Crippen LogP contribution in [0.25, 0.3) is 11.2 Å². The lowest BCUT2D eigenvalue weighted by molar-refractivity contribution is -0.0532. The second-order valence-electron chi connectivity index (χ2n) is 5.45. The van der Waals surface area contributed by atoms with Crippen molar-refractivity contribution in [2.75, 3.05) is 18.9 Å². The molecule has 3 rings (SSSR count). The molecule has 0 aliphatic carbocycles. The Morgan fingerprint density at radius 1 is 1.52 bits per heavy atom. The summed E-state index contributed by atoms with van der Waals surface area (Å²) in [5, 5.41) is 22.8. The zero-order valence-corrected chi connectivity index (χ0v) is 13.2. The van der Waals surface area contributed by atoms with Crippen LogP contribution in [0.5, 0.6) is 0 Å². The summed E-state index contributed by atoms with van der Waals surface area (Å²) in [6.07, 6.45) is -4.10. The van der Waals surface area contributed by atoms with Gasteiger partial charge in [0.25, 0.3) is 5.56 Å². The predicted molar refractivity (Wildman–Crippen MR) is 83.5 cm³/mol. The fourth-order valence-electron chi connectivity index (χ4n) is 2.58. The van der Waals surface area contributed by atoms with E-state index in [2.05, 4.69) is 20.3 Å². The van der Waals surface area contributed by atoms with Crippen molar-refractivity contribution in [3.8, 4) is 0 Å². The van der Waals surface area contributed by atoms with Crippen molar-refractivity contribution in [3.63, 3.8) is 0 Å². The van der Waals surface area contributed by atoms with E-state index in [-0.39, 0.29) is 23.7 Å². The lowest BCUT2D eigenvalue weighted by Crippen LogP contribution is -2.35. The van der Waals surface area contributed by atoms with E-state index in [0.717, 1.165) is 0 Å². The van der Waals surface area contributed by atoms with Gasteiger partial charge in [-0.25, -0.2) is 9.78 Å². The number of imidazole rings is 1. The standard InChI is InChI=1S/C13H18N6O6/c1-2-15-13(23)24-3-5-7(20)8(21)11(25-5)19-4-16-6-9(19)17-12(14)18-10(6)22/h4-5,7-8,11,20-21H,2-3H2,1H3,(H,15,23)(H3,14,17,18,22)/t5-,7-,8-,11-/m1/s1. The number of anilines is 1. The SMILES string of the molecule is CCNC(=O)OC[C@H]1O[C@@H](n2cnc3c(=O)[nH]c(N)nc32)[C@H](O)[C@@H]1O. The number of hydrogen-bond donors (Lipinski definition) is 5. The first kappa shape index (κ1) is 17.1. The van der Waals surface area contributed by atoms with Crippen molar-refractivity contribution in [2.24, 2.45) is 0 Å². The average molecular weight is 354 g/mol. The summed E-state index contributed by atoms with van der Waals surface area (Å²) in [4.78, 5) is 33.4. The van der Waals surface area contributed by atoms with Crippen LogP contribution < -0.4 is 16.6 Å². The van der Waals surface area contributed by atoms with Gasteiger partial charge in [-0.2, -0.15) is 4.98 Å². The first-order valence-corrected chi connectivity index (χ1v) is 7.57. The Hall–Kier alpha value is -2.70. The fourth-order valence-corrected chi connectivity index (χ4v) is 2.58. The molecule has 1 amide bonds. The van der Waals surface area contributed by atoms with E-state index in [1.807, 2.05) is 0 Å². The molecule has 0 saturated carbocycles. The third-order valence-corrected chi connectivity index (χ3v) is 3.76. The molecule has 25 heavy (non-hydrogen) atoms.